The van der Waals surface area contributed by atoms with E-state index in [1.165, 1.54) is 0 Å². The van der Waals surface area contributed by atoms with E-state index < -0.39 is 0 Å². The quantitative estimate of drug-likeness (QED) is 0.584. The molecule has 3 atom stereocenters. The zero-order valence-corrected chi connectivity index (χ0v) is 6.96. The van der Waals surface area contributed by atoms with Crippen LogP contribution < -0.4 is 0 Å². The zero-order chi connectivity index (χ0) is 7.56. The average Bonchev–Trinajstić information content (AvgIpc) is 2.20. The summed E-state index contributed by atoms with van der Waals surface area (Å²) in [4.78, 5) is 0. The molecule has 2 nitrogen and oxygen atoms in total. The van der Waals surface area contributed by atoms with Crippen molar-refractivity contribution >= 4 is 0 Å². The average molecular weight is 144 g/mol. The Kier molecular flexibility index (Phi) is 2.69. The molecule has 1 fully saturated rings. The van der Waals surface area contributed by atoms with Gasteiger partial charge in [-0.05, 0) is 13.8 Å². The van der Waals surface area contributed by atoms with E-state index in [1.54, 1.807) is 0 Å². The van der Waals surface area contributed by atoms with Gasteiger partial charge < -0.3 is 9.47 Å². The Labute approximate surface area is 62.5 Å². The van der Waals surface area contributed by atoms with Crippen LogP contribution in [-0.2, 0) is 9.47 Å². The molecule has 1 aliphatic heterocycles. The molecule has 1 rings (SSSR count). The summed E-state index contributed by atoms with van der Waals surface area (Å²) in [5.74, 6) is 0.565. The second-order valence-corrected chi connectivity index (χ2v) is 2.94. The number of hydrogen-bond donors (Lipinski definition) is 0. The summed E-state index contributed by atoms with van der Waals surface area (Å²) < 4.78 is 10.9. The van der Waals surface area contributed by atoms with Gasteiger partial charge in [-0.1, -0.05) is 6.92 Å². The summed E-state index contributed by atoms with van der Waals surface area (Å²) in [5, 5.41) is 0. The normalized spacial score (nSPS) is 40.5. The molecule has 10 heavy (non-hydrogen) atoms. The van der Waals surface area contributed by atoms with Crippen LogP contribution in [0.1, 0.15) is 20.8 Å². The summed E-state index contributed by atoms with van der Waals surface area (Å²) in [7, 11) is 0. The molecule has 0 aromatic carbocycles. The molecule has 0 amide bonds. The highest BCUT2D eigenvalue weighted by Crippen LogP contribution is 2.22. The zero-order valence-electron chi connectivity index (χ0n) is 6.96. The smallest absolute Gasteiger partial charge is 0.0881 e. The van der Waals surface area contributed by atoms with E-state index in [1.807, 2.05) is 6.92 Å². The lowest BCUT2D eigenvalue weighted by Gasteiger charge is -2.16. The van der Waals surface area contributed by atoms with Crippen molar-refractivity contribution < 1.29 is 9.47 Å². The molecule has 1 heterocycles. The molecule has 1 aliphatic rings. The van der Waals surface area contributed by atoms with Gasteiger partial charge in [-0.15, -0.1) is 0 Å². The SMILES string of the molecule is CCOC1C(C)OC[C@@H]1C. The highest BCUT2D eigenvalue weighted by molar-refractivity contribution is 4.78. The second-order valence-electron chi connectivity index (χ2n) is 2.94. The minimum atomic E-state index is 0.287. The van der Waals surface area contributed by atoms with E-state index in [9.17, 15) is 0 Å². The Morgan fingerprint density at radius 1 is 1.50 bits per heavy atom. The van der Waals surface area contributed by atoms with Crippen molar-refractivity contribution in [3.8, 4) is 0 Å². The van der Waals surface area contributed by atoms with Gasteiger partial charge in [0.2, 0.25) is 0 Å². The van der Waals surface area contributed by atoms with E-state index >= 15 is 0 Å². The van der Waals surface area contributed by atoms with E-state index in [0.29, 0.717) is 12.0 Å². The lowest BCUT2D eigenvalue weighted by molar-refractivity contribution is -0.00278. The Morgan fingerprint density at radius 3 is 2.60 bits per heavy atom. The maximum Gasteiger partial charge on any atom is 0.0881 e. The molecule has 0 aromatic heterocycles. The summed E-state index contributed by atoms with van der Waals surface area (Å²) in [6, 6.07) is 0. The van der Waals surface area contributed by atoms with Crippen molar-refractivity contribution in [1.82, 2.24) is 0 Å². The Balaban J connectivity index is 2.38. The van der Waals surface area contributed by atoms with Gasteiger partial charge in [0.1, 0.15) is 0 Å². The highest BCUT2D eigenvalue weighted by Gasteiger charge is 2.31. The van der Waals surface area contributed by atoms with Gasteiger partial charge in [0.25, 0.3) is 0 Å². The molecule has 0 aliphatic carbocycles. The maximum absolute atomic E-state index is 5.50. The second kappa shape index (κ2) is 3.35. The van der Waals surface area contributed by atoms with Crippen LogP contribution in [0.15, 0.2) is 0 Å². The topological polar surface area (TPSA) is 18.5 Å². The van der Waals surface area contributed by atoms with E-state index in [2.05, 4.69) is 13.8 Å². The predicted molar refractivity (Wildman–Crippen MR) is 40.0 cm³/mol. The van der Waals surface area contributed by atoms with Gasteiger partial charge in [0.05, 0.1) is 18.8 Å². The van der Waals surface area contributed by atoms with Crippen molar-refractivity contribution in [3.05, 3.63) is 0 Å². The molecule has 0 saturated carbocycles. The molecule has 0 radical (unpaired) electrons. The lowest BCUT2D eigenvalue weighted by Crippen LogP contribution is -2.26. The first-order chi connectivity index (χ1) is 4.75. The third-order valence-electron chi connectivity index (χ3n) is 2.00. The van der Waals surface area contributed by atoms with Gasteiger partial charge in [-0.2, -0.15) is 0 Å². The fourth-order valence-corrected chi connectivity index (χ4v) is 1.45. The summed E-state index contributed by atoms with van der Waals surface area (Å²) in [6.45, 7) is 7.92. The van der Waals surface area contributed by atoms with Gasteiger partial charge in [-0.3, -0.25) is 0 Å². The van der Waals surface area contributed by atoms with Crippen LogP contribution in [0.25, 0.3) is 0 Å². The third-order valence-corrected chi connectivity index (χ3v) is 2.00. The Bertz CT molecular complexity index is 93.4. The van der Waals surface area contributed by atoms with Crippen molar-refractivity contribution in [3.63, 3.8) is 0 Å². The summed E-state index contributed by atoms with van der Waals surface area (Å²) in [5.41, 5.74) is 0. The summed E-state index contributed by atoms with van der Waals surface area (Å²) >= 11 is 0. The van der Waals surface area contributed by atoms with Gasteiger partial charge in [0, 0.05) is 12.5 Å². The Morgan fingerprint density at radius 2 is 2.20 bits per heavy atom. The standard InChI is InChI=1S/C8H16O2/c1-4-9-8-6(2)5-10-7(8)3/h6-8H,4-5H2,1-3H3/t6-,7?,8?/m0/s1. The molecule has 0 N–H and O–H groups in total. The lowest BCUT2D eigenvalue weighted by atomic mass is 10.1. The molecule has 0 bridgehead atoms. The van der Waals surface area contributed by atoms with Gasteiger partial charge in [0.15, 0.2) is 0 Å². The van der Waals surface area contributed by atoms with Crippen LogP contribution in [0.2, 0.25) is 0 Å². The van der Waals surface area contributed by atoms with E-state index in [-0.39, 0.29) is 6.10 Å². The highest BCUT2D eigenvalue weighted by atomic mass is 16.6. The van der Waals surface area contributed by atoms with Gasteiger partial charge >= 0.3 is 0 Å². The molecular formula is C8H16O2. The minimum Gasteiger partial charge on any atom is -0.375 e. The molecule has 60 valence electrons. The van der Waals surface area contributed by atoms with E-state index in [0.717, 1.165) is 13.2 Å². The minimum absolute atomic E-state index is 0.287. The maximum atomic E-state index is 5.50. The van der Waals surface area contributed by atoms with Crippen molar-refractivity contribution in [2.45, 2.75) is 33.0 Å². The van der Waals surface area contributed by atoms with Crippen LogP contribution in [0.3, 0.4) is 0 Å². The van der Waals surface area contributed by atoms with Crippen LogP contribution in [0.5, 0.6) is 0 Å². The van der Waals surface area contributed by atoms with Crippen LogP contribution in [0.4, 0.5) is 0 Å². The van der Waals surface area contributed by atoms with Crippen molar-refractivity contribution in [2.24, 2.45) is 5.92 Å². The number of hydrogen-bond acceptors (Lipinski definition) is 2. The first-order valence-electron chi connectivity index (χ1n) is 3.99. The predicted octanol–water partition coefficient (Wildman–Crippen LogP) is 1.45. The van der Waals surface area contributed by atoms with E-state index in [4.69, 9.17) is 9.47 Å². The molecule has 1 saturated heterocycles. The van der Waals surface area contributed by atoms with Gasteiger partial charge in [-0.25, -0.2) is 0 Å². The Hall–Kier alpha value is -0.0800. The van der Waals surface area contributed by atoms with Crippen LogP contribution >= 0.6 is 0 Å². The number of ether oxygens (including phenoxy) is 2. The largest absolute Gasteiger partial charge is 0.375 e. The fraction of sp³-hybridized carbons (Fsp3) is 1.00. The summed E-state index contributed by atoms with van der Waals surface area (Å²) in [6.07, 6.45) is 0.611. The first-order valence-corrected chi connectivity index (χ1v) is 3.99. The van der Waals surface area contributed by atoms with Crippen molar-refractivity contribution in [1.29, 1.82) is 0 Å². The third kappa shape index (κ3) is 1.50. The molecule has 2 heteroatoms. The monoisotopic (exact) mass is 144 g/mol. The molecule has 0 spiro atoms. The molecule has 0 aromatic rings. The first kappa shape index (κ1) is 8.02. The van der Waals surface area contributed by atoms with Crippen LogP contribution in [-0.4, -0.2) is 25.4 Å². The fourth-order valence-electron chi connectivity index (χ4n) is 1.45. The molecular weight excluding hydrogens is 128 g/mol. The van der Waals surface area contributed by atoms with Crippen molar-refractivity contribution in [2.75, 3.05) is 13.2 Å². The van der Waals surface area contributed by atoms with Crippen LogP contribution in [0, 0.1) is 5.92 Å². The number of rotatable bonds is 2. The molecule has 2 unspecified atom stereocenters.